The maximum Gasteiger partial charge on any atom is 0.144 e. The summed E-state index contributed by atoms with van der Waals surface area (Å²) in [6.45, 7) is 8.44. The van der Waals surface area contributed by atoms with Gasteiger partial charge in [0.25, 0.3) is 0 Å². The predicted molar refractivity (Wildman–Crippen MR) is 73.2 cm³/mol. The van der Waals surface area contributed by atoms with Gasteiger partial charge in [0, 0.05) is 5.41 Å². The van der Waals surface area contributed by atoms with E-state index in [1.807, 2.05) is 45.9 Å². The van der Waals surface area contributed by atoms with Crippen LogP contribution in [0, 0.1) is 19.3 Å². The SMILES string of the molecule is Cc1cccc(C)c1OCCC(C)(C)C(N)=NO. The number of aryl methyl sites for hydroxylation is 2. The standard InChI is InChI=1S/C14H22N2O2/c1-10-6-5-7-11(2)12(10)18-9-8-14(3,4)13(15)16-17/h5-7,17H,8-9H2,1-4H3,(H2,15,16). The smallest absolute Gasteiger partial charge is 0.144 e. The highest BCUT2D eigenvalue weighted by molar-refractivity contribution is 5.85. The first-order valence-electron chi connectivity index (χ1n) is 6.05. The van der Waals surface area contributed by atoms with Crippen molar-refractivity contribution >= 4 is 5.84 Å². The van der Waals surface area contributed by atoms with E-state index in [0.717, 1.165) is 16.9 Å². The van der Waals surface area contributed by atoms with Gasteiger partial charge >= 0.3 is 0 Å². The number of amidine groups is 1. The molecule has 0 aliphatic rings. The Morgan fingerprint density at radius 1 is 1.33 bits per heavy atom. The minimum absolute atomic E-state index is 0.229. The van der Waals surface area contributed by atoms with Crippen LogP contribution in [0.25, 0.3) is 0 Å². The average Bonchev–Trinajstić information content (AvgIpc) is 2.31. The van der Waals surface area contributed by atoms with Gasteiger partial charge in [0.15, 0.2) is 0 Å². The molecule has 0 aromatic heterocycles. The molecule has 4 nitrogen and oxygen atoms in total. The Morgan fingerprint density at radius 3 is 2.39 bits per heavy atom. The monoisotopic (exact) mass is 250 g/mol. The molecular weight excluding hydrogens is 228 g/mol. The van der Waals surface area contributed by atoms with Crippen LogP contribution in [0.15, 0.2) is 23.4 Å². The molecule has 0 aliphatic carbocycles. The fourth-order valence-electron chi connectivity index (χ4n) is 1.70. The van der Waals surface area contributed by atoms with Crippen LogP contribution in [0.4, 0.5) is 0 Å². The molecule has 3 N–H and O–H groups in total. The van der Waals surface area contributed by atoms with Crippen molar-refractivity contribution in [3.05, 3.63) is 29.3 Å². The quantitative estimate of drug-likeness (QED) is 0.365. The number of para-hydroxylation sites is 1. The third-order valence-electron chi connectivity index (χ3n) is 3.18. The molecule has 0 atom stereocenters. The van der Waals surface area contributed by atoms with Crippen molar-refractivity contribution < 1.29 is 9.94 Å². The van der Waals surface area contributed by atoms with Crippen LogP contribution in [-0.2, 0) is 0 Å². The Bertz CT molecular complexity index is 419. The van der Waals surface area contributed by atoms with Crippen molar-refractivity contribution in [2.24, 2.45) is 16.3 Å². The third-order valence-corrected chi connectivity index (χ3v) is 3.18. The number of nitrogens with two attached hydrogens (primary N) is 1. The maximum atomic E-state index is 8.70. The molecule has 0 amide bonds. The van der Waals surface area contributed by atoms with Crippen LogP contribution in [0.3, 0.4) is 0 Å². The zero-order chi connectivity index (χ0) is 13.8. The molecule has 18 heavy (non-hydrogen) atoms. The van der Waals surface area contributed by atoms with Crippen LogP contribution < -0.4 is 10.5 Å². The molecule has 0 saturated heterocycles. The van der Waals surface area contributed by atoms with Gasteiger partial charge in [-0.25, -0.2) is 0 Å². The number of hydrogen-bond acceptors (Lipinski definition) is 3. The van der Waals surface area contributed by atoms with Crippen molar-refractivity contribution in [3.63, 3.8) is 0 Å². The van der Waals surface area contributed by atoms with Gasteiger partial charge in [-0.05, 0) is 31.4 Å². The molecule has 0 saturated carbocycles. The second kappa shape index (κ2) is 5.76. The molecular formula is C14H22N2O2. The fourth-order valence-corrected chi connectivity index (χ4v) is 1.70. The van der Waals surface area contributed by atoms with Crippen LogP contribution in [0.2, 0.25) is 0 Å². The molecule has 0 radical (unpaired) electrons. The molecule has 1 aromatic carbocycles. The summed E-state index contributed by atoms with van der Waals surface area (Å²) in [5.41, 5.74) is 7.51. The zero-order valence-corrected chi connectivity index (χ0v) is 11.5. The van der Waals surface area contributed by atoms with Gasteiger partial charge in [0.05, 0.1) is 6.61 Å². The van der Waals surface area contributed by atoms with Crippen molar-refractivity contribution in [1.82, 2.24) is 0 Å². The second-order valence-electron chi connectivity index (χ2n) is 5.19. The van der Waals surface area contributed by atoms with E-state index in [0.29, 0.717) is 13.0 Å². The first-order valence-corrected chi connectivity index (χ1v) is 6.05. The van der Waals surface area contributed by atoms with E-state index < -0.39 is 0 Å². The molecule has 0 fully saturated rings. The van der Waals surface area contributed by atoms with Crippen molar-refractivity contribution in [1.29, 1.82) is 0 Å². The number of hydrogen-bond donors (Lipinski definition) is 2. The number of benzene rings is 1. The predicted octanol–water partition coefficient (Wildman–Crippen LogP) is 2.84. The zero-order valence-electron chi connectivity index (χ0n) is 11.5. The van der Waals surface area contributed by atoms with E-state index in [1.54, 1.807) is 0 Å². The molecule has 1 aromatic rings. The average molecular weight is 250 g/mol. The summed E-state index contributed by atoms with van der Waals surface area (Å²) < 4.78 is 5.81. The molecule has 100 valence electrons. The largest absolute Gasteiger partial charge is 0.493 e. The summed E-state index contributed by atoms with van der Waals surface area (Å²) in [5, 5.41) is 11.8. The van der Waals surface area contributed by atoms with Gasteiger partial charge in [-0.15, -0.1) is 0 Å². The Kier molecular flexibility index (Phi) is 4.59. The highest BCUT2D eigenvalue weighted by Crippen LogP contribution is 2.25. The number of oxime groups is 1. The molecule has 4 heteroatoms. The number of rotatable bonds is 5. The first-order chi connectivity index (χ1) is 8.38. The second-order valence-corrected chi connectivity index (χ2v) is 5.19. The van der Waals surface area contributed by atoms with Crippen LogP contribution in [-0.4, -0.2) is 17.6 Å². The molecule has 0 heterocycles. The molecule has 1 rings (SSSR count). The van der Waals surface area contributed by atoms with Crippen LogP contribution in [0.1, 0.15) is 31.4 Å². The van der Waals surface area contributed by atoms with Gasteiger partial charge in [-0.2, -0.15) is 0 Å². The van der Waals surface area contributed by atoms with Crippen molar-refractivity contribution in [2.75, 3.05) is 6.61 Å². The lowest BCUT2D eigenvalue weighted by molar-refractivity contribution is 0.257. The summed E-state index contributed by atoms with van der Waals surface area (Å²) in [6.07, 6.45) is 0.691. The number of nitrogens with zero attached hydrogens (tertiary/aromatic N) is 1. The molecule has 0 spiro atoms. The Balaban J connectivity index is 2.62. The maximum absolute atomic E-state index is 8.70. The summed E-state index contributed by atoms with van der Waals surface area (Å²) in [6, 6.07) is 6.06. The lowest BCUT2D eigenvalue weighted by Gasteiger charge is -2.23. The topological polar surface area (TPSA) is 67.8 Å². The van der Waals surface area contributed by atoms with E-state index in [1.165, 1.54) is 0 Å². The summed E-state index contributed by atoms with van der Waals surface area (Å²) in [4.78, 5) is 0. The minimum atomic E-state index is -0.370. The summed E-state index contributed by atoms with van der Waals surface area (Å²) in [5.74, 6) is 1.15. The third kappa shape index (κ3) is 3.39. The fraction of sp³-hybridized carbons (Fsp3) is 0.500. The molecule has 0 unspecified atom stereocenters. The van der Waals surface area contributed by atoms with E-state index >= 15 is 0 Å². The Morgan fingerprint density at radius 2 is 1.89 bits per heavy atom. The number of ether oxygens (including phenoxy) is 1. The lowest BCUT2D eigenvalue weighted by atomic mass is 9.88. The summed E-state index contributed by atoms with van der Waals surface area (Å²) in [7, 11) is 0. The molecule has 0 bridgehead atoms. The van der Waals surface area contributed by atoms with Crippen LogP contribution >= 0.6 is 0 Å². The highest BCUT2D eigenvalue weighted by atomic mass is 16.5. The van der Waals surface area contributed by atoms with E-state index in [-0.39, 0.29) is 11.3 Å². The van der Waals surface area contributed by atoms with Gasteiger partial charge in [-0.1, -0.05) is 37.2 Å². The van der Waals surface area contributed by atoms with Gasteiger partial charge < -0.3 is 15.7 Å². The van der Waals surface area contributed by atoms with E-state index in [2.05, 4.69) is 5.16 Å². The van der Waals surface area contributed by atoms with E-state index in [4.69, 9.17) is 15.7 Å². The van der Waals surface area contributed by atoms with Gasteiger partial charge in [-0.3, -0.25) is 0 Å². The van der Waals surface area contributed by atoms with Crippen molar-refractivity contribution in [3.8, 4) is 5.75 Å². The lowest BCUT2D eigenvalue weighted by Crippen LogP contribution is -2.33. The van der Waals surface area contributed by atoms with Gasteiger partial charge in [0.1, 0.15) is 11.6 Å². The summed E-state index contributed by atoms with van der Waals surface area (Å²) >= 11 is 0. The normalized spacial score (nSPS) is 12.6. The highest BCUT2D eigenvalue weighted by Gasteiger charge is 2.23. The van der Waals surface area contributed by atoms with Crippen LogP contribution in [0.5, 0.6) is 5.75 Å². The molecule has 0 aliphatic heterocycles. The van der Waals surface area contributed by atoms with E-state index in [9.17, 15) is 0 Å². The minimum Gasteiger partial charge on any atom is -0.493 e. The Labute approximate surface area is 108 Å². The van der Waals surface area contributed by atoms with Gasteiger partial charge in [0.2, 0.25) is 0 Å². The first kappa shape index (κ1) is 14.4. The Hall–Kier alpha value is -1.71. The van der Waals surface area contributed by atoms with Crippen molar-refractivity contribution in [2.45, 2.75) is 34.1 Å².